The van der Waals surface area contributed by atoms with Gasteiger partial charge < -0.3 is 14.2 Å². The summed E-state index contributed by atoms with van der Waals surface area (Å²) in [5, 5.41) is 0. The summed E-state index contributed by atoms with van der Waals surface area (Å²) in [6, 6.07) is 0. The first kappa shape index (κ1) is 42.7. The molecule has 0 aromatic heterocycles. The quantitative estimate of drug-likeness (QED) is 0.0284. The van der Waals surface area contributed by atoms with Crippen LogP contribution in [-0.4, -0.2) is 38.4 Å². The number of carbonyl (C=O) groups excluding carboxylic acids is 2. The van der Waals surface area contributed by atoms with Crippen LogP contribution >= 0.6 is 0 Å². The third-order valence-corrected chi connectivity index (χ3v) is 8.32. The maximum Gasteiger partial charge on any atom is 0.342 e. The van der Waals surface area contributed by atoms with Crippen LogP contribution in [0.1, 0.15) is 155 Å². The lowest BCUT2D eigenvalue weighted by molar-refractivity contribution is -0.173. The van der Waals surface area contributed by atoms with Gasteiger partial charge in [-0.1, -0.05) is 90.2 Å². The molecule has 0 heterocycles. The number of ether oxygens (including phenoxy) is 3. The summed E-state index contributed by atoms with van der Waals surface area (Å²) in [5.41, 5.74) is 0. The molecule has 0 rings (SSSR count). The Hall–Kier alpha value is -2.34. The Morgan fingerprint density at radius 1 is 0.533 bits per heavy atom. The first-order chi connectivity index (χ1) is 21.9. The number of hydrogen-bond acceptors (Lipinski definition) is 5. The fourth-order valence-corrected chi connectivity index (χ4v) is 5.27. The second-order valence-corrected chi connectivity index (χ2v) is 12.5. The van der Waals surface area contributed by atoms with Crippen molar-refractivity contribution in [1.82, 2.24) is 0 Å². The van der Waals surface area contributed by atoms with Crippen LogP contribution < -0.4 is 0 Å². The Morgan fingerprint density at radius 3 is 1.24 bits per heavy atom. The normalized spacial score (nSPS) is 13.3. The van der Waals surface area contributed by atoms with Crippen LogP contribution in [-0.2, 0) is 23.8 Å². The third-order valence-electron chi connectivity index (χ3n) is 8.32. The topological polar surface area (TPSA) is 61.8 Å². The molecule has 0 aliphatic rings. The van der Waals surface area contributed by atoms with Crippen molar-refractivity contribution in [2.75, 3.05) is 14.2 Å². The van der Waals surface area contributed by atoms with E-state index in [0.29, 0.717) is 25.7 Å². The van der Waals surface area contributed by atoms with E-state index in [1.54, 1.807) is 0 Å². The number of unbranched alkanes of at least 4 members (excludes halogenated alkanes) is 10. The zero-order chi connectivity index (χ0) is 33.4. The second-order valence-electron chi connectivity index (χ2n) is 12.5. The second kappa shape index (κ2) is 31.6. The summed E-state index contributed by atoms with van der Waals surface area (Å²) in [7, 11) is 2.89. The first-order valence-electron chi connectivity index (χ1n) is 17.8. The number of carbonyl (C=O) groups is 2. The maximum absolute atomic E-state index is 12.5. The standard InChI is InChI=1S/C40H66O5/c1-7-9-11-23-29-35(3)31-25-19-15-13-17-21-27-33-37(43-5)39(41)45-40(42)38(44-6)34-28-22-18-14-16-20-26-32-36(4)30-24-12-10-8-2/h7-8,35-38H,1-2,9-16,19-20,23-34H2,3-6H3/t35-,36-,37+,38+/m1/s1. The number of hydrogen-bond donors (Lipinski definition) is 0. The fraction of sp³-hybridized carbons (Fsp3) is 0.750. The summed E-state index contributed by atoms with van der Waals surface area (Å²) in [4.78, 5) is 25.0. The highest BCUT2D eigenvalue weighted by molar-refractivity contribution is 5.90. The van der Waals surface area contributed by atoms with E-state index in [1.165, 1.54) is 91.3 Å². The van der Waals surface area contributed by atoms with Gasteiger partial charge in [0, 0.05) is 39.9 Å². The van der Waals surface area contributed by atoms with Gasteiger partial charge in [-0.25, -0.2) is 9.59 Å². The van der Waals surface area contributed by atoms with Crippen LogP contribution in [0, 0.1) is 35.5 Å². The first-order valence-corrected chi connectivity index (χ1v) is 17.8. The summed E-state index contributed by atoms with van der Waals surface area (Å²) in [6.07, 6.45) is 25.5. The highest BCUT2D eigenvalue weighted by atomic mass is 16.6. The van der Waals surface area contributed by atoms with Gasteiger partial charge in [-0.05, 0) is 63.2 Å². The van der Waals surface area contributed by atoms with Gasteiger partial charge in [-0.2, -0.15) is 0 Å². The zero-order valence-electron chi connectivity index (χ0n) is 29.5. The van der Waals surface area contributed by atoms with Crippen molar-refractivity contribution in [2.24, 2.45) is 11.8 Å². The molecule has 0 saturated carbocycles. The monoisotopic (exact) mass is 626 g/mol. The molecule has 0 radical (unpaired) electrons. The molecule has 45 heavy (non-hydrogen) atoms. The smallest absolute Gasteiger partial charge is 0.342 e. The lowest BCUT2D eigenvalue weighted by Gasteiger charge is -2.15. The molecule has 5 nitrogen and oxygen atoms in total. The van der Waals surface area contributed by atoms with Crippen LogP contribution in [0.2, 0.25) is 0 Å². The lowest BCUT2D eigenvalue weighted by atomic mass is 9.96. The van der Waals surface area contributed by atoms with E-state index < -0.39 is 24.1 Å². The molecule has 0 spiro atoms. The highest BCUT2D eigenvalue weighted by Gasteiger charge is 2.26. The van der Waals surface area contributed by atoms with Gasteiger partial charge in [0.1, 0.15) is 0 Å². The minimum Gasteiger partial charge on any atom is -0.389 e. The molecule has 5 heteroatoms. The van der Waals surface area contributed by atoms with Gasteiger partial charge >= 0.3 is 11.9 Å². The summed E-state index contributed by atoms with van der Waals surface area (Å²) in [6.45, 7) is 12.3. The predicted octanol–water partition coefficient (Wildman–Crippen LogP) is 10.3. The van der Waals surface area contributed by atoms with Crippen molar-refractivity contribution >= 4 is 11.9 Å². The number of allylic oxidation sites excluding steroid dienone is 2. The van der Waals surface area contributed by atoms with E-state index in [1.807, 2.05) is 12.2 Å². The van der Waals surface area contributed by atoms with Crippen LogP contribution in [0.15, 0.2) is 25.3 Å². The van der Waals surface area contributed by atoms with Crippen molar-refractivity contribution in [1.29, 1.82) is 0 Å². The molecular weight excluding hydrogens is 560 g/mol. The molecule has 0 aromatic rings. The van der Waals surface area contributed by atoms with Gasteiger partial charge in [0.05, 0.1) is 0 Å². The summed E-state index contributed by atoms with van der Waals surface area (Å²) < 4.78 is 15.6. The molecule has 0 aromatic carbocycles. The minimum atomic E-state index is -0.825. The predicted molar refractivity (Wildman–Crippen MR) is 189 cm³/mol. The molecule has 0 aliphatic carbocycles. The van der Waals surface area contributed by atoms with Gasteiger partial charge in [0.25, 0.3) is 0 Å². The Labute approximate surface area is 277 Å². The lowest BCUT2D eigenvalue weighted by Crippen LogP contribution is -2.33. The zero-order valence-corrected chi connectivity index (χ0v) is 29.5. The number of methoxy groups -OCH3 is 2. The third kappa shape index (κ3) is 26.6. The average Bonchev–Trinajstić information content (AvgIpc) is 3.03. The number of rotatable bonds is 28. The van der Waals surface area contributed by atoms with Crippen molar-refractivity contribution in [3.8, 4) is 23.7 Å². The molecular formula is C40H66O5. The molecule has 0 amide bonds. The van der Waals surface area contributed by atoms with Crippen LogP contribution in [0.25, 0.3) is 0 Å². The average molecular weight is 627 g/mol. The van der Waals surface area contributed by atoms with Crippen molar-refractivity contribution in [3.05, 3.63) is 25.3 Å². The number of esters is 2. The van der Waals surface area contributed by atoms with Crippen molar-refractivity contribution in [2.45, 2.75) is 167 Å². The van der Waals surface area contributed by atoms with Crippen LogP contribution in [0.5, 0.6) is 0 Å². The van der Waals surface area contributed by atoms with Gasteiger partial charge in [-0.3, -0.25) is 0 Å². The van der Waals surface area contributed by atoms with Gasteiger partial charge in [-0.15, -0.1) is 36.8 Å². The molecule has 0 aliphatic heterocycles. The summed E-state index contributed by atoms with van der Waals surface area (Å²) in [5.74, 6) is 12.9. The maximum atomic E-state index is 12.5. The molecule has 0 fully saturated rings. The molecule has 0 saturated heterocycles. The van der Waals surface area contributed by atoms with Crippen molar-refractivity contribution < 1.29 is 23.8 Å². The van der Waals surface area contributed by atoms with Crippen molar-refractivity contribution in [3.63, 3.8) is 0 Å². The molecule has 256 valence electrons. The van der Waals surface area contributed by atoms with E-state index in [-0.39, 0.29) is 0 Å². The largest absolute Gasteiger partial charge is 0.389 e. The Kier molecular flexibility index (Phi) is 30.0. The molecule has 0 bridgehead atoms. The van der Waals surface area contributed by atoms with Crippen LogP contribution in [0.4, 0.5) is 0 Å². The molecule has 0 N–H and O–H groups in total. The highest BCUT2D eigenvalue weighted by Crippen LogP contribution is 2.18. The van der Waals surface area contributed by atoms with Gasteiger partial charge in [0.15, 0.2) is 12.2 Å². The Morgan fingerprint density at radius 2 is 0.889 bits per heavy atom. The van der Waals surface area contributed by atoms with E-state index in [9.17, 15) is 9.59 Å². The van der Waals surface area contributed by atoms with Crippen LogP contribution in [0.3, 0.4) is 0 Å². The SMILES string of the molecule is C=CCCCC[C@@H](C)CCCCCC#CCC[C@H](OC)C(=O)OC(=O)[C@H](CCC#CCCCCC[C@H](C)CCCCC=C)OC. The molecule has 0 unspecified atom stereocenters. The van der Waals surface area contributed by atoms with E-state index in [0.717, 1.165) is 50.4 Å². The van der Waals surface area contributed by atoms with E-state index >= 15 is 0 Å². The Bertz CT molecular complexity index is 814. The van der Waals surface area contributed by atoms with E-state index in [2.05, 4.69) is 50.7 Å². The minimum absolute atomic E-state index is 0.386. The summed E-state index contributed by atoms with van der Waals surface area (Å²) >= 11 is 0. The fourth-order valence-electron chi connectivity index (χ4n) is 5.27. The Balaban J connectivity index is 4.09. The molecule has 4 atom stereocenters. The van der Waals surface area contributed by atoms with Gasteiger partial charge in [0.2, 0.25) is 0 Å². The van der Waals surface area contributed by atoms with E-state index in [4.69, 9.17) is 14.2 Å².